The van der Waals surface area contributed by atoms with Crippen LogP contribution in [-0.2, 0) is 0 Å². The van der Waals surface area contributed by atoms with Gasteiger partial charge in [-0.25, -0.2) is 4.98 Å². The van der Waals surface area contributed by atoms with Crippen molar-refractivity contribution in [1.29, 1.82) is 0 Å². The fourth-order valence-electron chi connectivity index (χ4n) is 0.873. The molecule has 5 nitrogen and oxygen atoms in total. The highest BCUT2D eigenvalue weighted by atomic mass is 35.5. The number of nitrogens with one attached hydrogen (secondary N) is 1. The molecule has 1 aromatic heterocycles. The van der Waals surface area contributed by atoms with Crippen molar-refractivity contribution in [3.05, 3.63) is 11.0 Å². The number of anilines is 2. The fraction of sp³-hybridized carbons (Fsp3) is 0.429. The molecule has 0 saturated carbocycles. The first-order chi connectivity index (χ1) is 6.15. The van der Waals surface area contributed by atoms with Gasteiger partial charge in [0, 0.05) is 13.1 Å². The monoisotopic (exact) mass is 201 g/mol. The van der Waals surface area contributed by atoms with Gasteiger partial charge in [0.1, 0.15) is 0 Å². The van der Waals surface area contributed by atoms with Gasteiger partial charge in [-0.1, -0.05) is 0 Å². The Morgan fingerprint density at radius 2 is 2.15 bits per heavy atom. The third kappa shape index (κ3) is 2.43. The fourth-order valence-corrected chi connectivity index (χ4v) is 1.08. The first kappa shape index (κ1) is 10.0. The first-order valence-corrected chi connectivity index (χ1v) is 4.26. The minimum absolute atomic E-state index is 0.186. The molecule has 0 aliphatic heterocycles. The van der Waals surface area contributed by atoms with E-state index in [1.54, 1.807) is 6.92 Å². The van der Waals surface area contributed by atoms with Gasteiger partial charge in [-0.3, -0.25) is 0 Å². The van der Waals surface area contributed by atoms with Crippen molar-refractivity contribution in [2.75, 3.05) is 24.1 Å². The molecule has 0 aliphatic rings. The molecular formula is C7H12ClN5. The third-order valence-corrected chi connectivity index (χ3v) is 1.71. The molecule has 0 spiro atoms. The summed E-state index contributed by atoms with van der Waals surface area (Å²) in [6, 6.07) is 0. The normalized spacial score (nSPS) is 10.1. The maximum atomic E-state index is 5.71. The molecule has 0 saturated heterocycles. The van der Waals surface area contributed by atoms with Crippen LogP contribution in [0.3, 0.4) is 0 Å². The number of rotatable bonds is 3. The van der Waals surface area contributed by atoms with Crippen molar-refractivity contribution < 1.29 is 0 Å². The van der Waals surface area contributed by atoms with Gasteiger partial charge >= 0.3 is 0 Å². The Hall–Kier alpha value is -1.07. The van der Waals surface area contributed by atoms with Crippen molar-refractivity contribution in [3.63, 3.8) is 0 Å². The molecule has 72 valence electrons. The summed E-state index contributed by atoms with van der Waals surface area (Å²) in [4.78, 5) is 7.83. The van der Waals surface area contributed by atoms with E-state index in [1.165, 1.54) is 0 Å². The Kier molecular flexibility index (Phi) is 3.27. The van der Waals surface area contributed by atoms with Crippen molar-refractivity contribution in [2.24, 2.45) is 5.73 Å². The molecule has 0 radical (unpaired) electrons. The van der Waals surface area contributed by atoms with E-state index in [0.29, 0.717) is 30.3 Å². The zero-order chi connectivity index (χ0) is 9.84. The quantitative estimate of drug-likeness (QED) is 0.616. The summed E-state index contributed by atoms with van der Waals surface area (Å²) in [5.41, 5.74) is 12.2. The smallest absolute Gasteiger partial charge is 0.224 e. The van der Waals surface area contributed by atoms with Crippen LogP contribution in [0.5, 0.6) is 0 Å². The SMILES string of the molecule is Cc1nc(Cl)nc(NCCN)c1N. The van der Waals surface area contributed by atoms with Crippen LogP contribution in [0, 0.1) is 6.92 Å². The second kappa shape index (κ2) is 4.25. The summed E-state index contributed by atoms with van der Waals surface area (Å²) in [6.07, 6.45) is 0. The molecule has 0 aliphatic carbocycles. The van der Waals surface area contributed by atoms with Gasteiger partial charge in [0.2, 0.25) is 5.28 Å². The van der Waals surface area contributed by atoms with Crippen LogP contribution < -0.4 is 16.8 Å². The van der Waals surface area contributed by atoms with Crippen LogP contribution in [0.4, 0.5) is 11.5 Å². The lowest BCUT2D eigenvalue weighted by molar-refractivity contribution is 1.000. The molecule has 13 heavy (non-hydrogen) atoms. The summed E-state index contributed by atoms with van der Waals surface area (Å²) >= 11 is 5.65. The van der Waals surface area contributed by atoms with E-state index in [9.17, 15) is 0 Å². The van der Waals surface area contributed by atoms with E-state index in [2.05, 4.69) is 15.3 Å². The standard InChI is InChI=1S/C7H12ClN5/c1-4-5(10)6(11-3-2-9)13-7(8)12-4/h2-3,9-10H2,1H3,(H,11,12,13). The van der Waals surface area contributed by atoms with Crippen molar-refractivity contribution >= 4 is 23.1 Å². The second-order valence-corrected chi connectivity index (χ2v) is 2.89. The summed E-state index contributed by atoms with van der Waals surface area (Å²) in [6.45, 7) is 2.90. The zero-order valence-corrected chi connectivity index (χ0v) is 8.10. The van der Waals surface area contributed by atoms with Gasteiger partial charge < -0.3 is 16.8 Å². The summed E-state index contributed by atoms with van der Waals surface area (Å²) in [5.74, 6) is 0.544. The maximum Gasteiger partial charge on any atom is 0.224 e. The average molecular weight is 202 g/mol. The number of aromatic nitrogens is 2. The maximum absolute atomic E-state index is 5.71. The van der Waals surface area contributed by atoms with E-state index in [-0.39, 0.29) is 5.28 Å². The molecule has 0 unspecified atom stereocenters. The first-order valence-electron chi connectivity index (χ1n) is 3.88. The largest absolute Gasteiger partial charge is 0.394 e. The molecule has 1 aromatic rings. The number of halogens is 1. The molecule has 0 amide bonds. The molecule has 0 aromatic carbocycles. The van der Waals surface area contributed by atoms with Crippen LogP contribution in [0.2, 0.25) is 5.28 Å². The Labute approximate surface area is 81.5 Å². The Morgan fingerprint density at radius 3 is 2.77 bits per heavy atom. The number of aryl methyl sites for hydroxylation is 1. The summed E-state index contributed by atoms with van der Waals surface area (Å²) in [5, 5.41) is 3.15. The second-order valence-electron chi connectivity index (χ2n) is 2.56. The predicted octanol–water partition coefficient (Wildman–Crippen LogP) is 0.391. The molecule has 1 rings (SSSR count). The van der Waals surface area contributed by atoms with Crippen molar-refractivity contribution in [1.82, 2.24) is 9.97 Å². The van der Waals surface area contributed by atoms with Crippen molar-refractivity contribution in [2.45, 2.75) is 6.92 Å². The molecule has 0 bridgehead atoms. The molecule has 0 fully saturated rings. The lowest BCUT2D eigenvalue weighted by atomic mass is 10.3. The van der Waals surface area contributed by atoms with E-state index in [0.717, 1.165) is 0 Å². The topological polar surface area (TPSA) is 89.8 Å². The highest BCUT2D eigenvalue weighted by molar-refractivity contribution is 6.28. The van der Waals surface area contributed by atoms with Crippen molar-refractivity contribution in [3.8, 4) is 0 Å². The lowest BCUT2D eigenvalue weighted by Gasteiger charge is -2.08. The van der Waals surface area contributed by atoms with Gasteiger partial charge in [-0.05, 0) is 18.5 Å². The van der Waals surface area contributed by atoms with Crippen LogP contribution in [-0.4, -0.2) is 23.1 Å². The van der Waals surface area contributed by atoms with Crippen LogP contribution in [0.25, 0.3) is 0 Å². The average Bonchev–Trinajstić information content (AvgIpc) is 2.09. The summed E-state index contributed by atoms with van der Waals surface area (Å²) in [7, 11) is 0. The number of hydrogen-bond donors (Lipinski definition) is 3. The number of nitrogens with two attached hydrogens (primary N) is 2. The van der Waals surface area contributed by atoms with E-state index in [1.807, 2.05) is 0 Å². The van der Waals surface area contributed by atoms with Gasteiger partial charge in [-0.15, -0.1) is 0 Å². The molecule has 6 heteroatoms. The Bertz CT molecular complexity index is 301. The molecular weight excluding hydrogens is 190 g/mol. The lowest BCUT2D eigenvalue weighted by Crippen LogP contribution is -2.15. The zero-order valence-electron chi connectivity index (χ0n) is 7.34. The summed E-state index contributed by atoms with van der Waals surface area (Å²) < 4.78 is 0. The number of nitrogen functional groups attached to an aromatic ring is 1. The third-order valence-electron chi connectivity index (χ3n) is 1.55. The van der Waals surface area contributed by atoms with Crippen LogP contribution in [0.1, 0.15) is 5.69 Å². The van der Waals surface area contributed by atoms with Gasteiger partial charge in [0.05, 0.1) is 11.4 Å². The van der Waals surface area contributed by atoms with Crippen LogP contribution >= 0.6 is 11.6 Å². The highest BCUT2D eigenvalue weighted by Crippen LogP contribution is 2.19. The number of nitrogens with zero attached hydrogens (tertiary/aromatic N) is 2. The predicted molar refractivity (Wildman–Crippen MR) is 53.7 cm³/mol. The van der Waals surface area contributed by atoms with E-state index >= 15 is 0 Å². The van der Waals surface area contributed by atoms with Crippen LogP contribution in [0.15, 0.2) is 0 Å². The van der Waals surface area contributed by atoms with Gasteiger partial charge in [-0.2, -0.15) is 4.98 Å². The van der Waals surface area contributed by atoms with E-state index < -0.39 is 0 Å². The number of hydrogen-bond acceptors (Lipinski definition) is 5. The van der Waals surface area contributed by atoms with Gasteiger partial charge in [0.15, 0.2) is 5.82 Å². The Balaban J connectivity index is 2.92. The molecule has 1 heterocycles. The Morgan fingerprint density at radius 1 is 1.46 bits per heavy atom. The molecule has 5 N–H and O–H groups in total. The minimum atomic E-state index is 0.186. The van der Waals surface area contributed by atoms with E-state index in [4.69, 9.17) is 23.1 Å². The highest BCUT2D eigenvalue weighted by Gasteiger charge is 2.05. The minimum Gasteiger partial charge on any atom is -0.394 e. The van der Waals surface area contributed by atoms with Gasteiger partial charge in [0.25, 0.3) is 0 Å². The molecule has 0 atom stereocenters.